The zero-order chi connectivity index (χ0) is 20.3. The van der Waals surface area contributed by atoms with E-state index in [0.29, 0.717) is 26.4 Å². The number of nitrogens with zero attached hydrogens (tertiary/aromatic N) is 1. The number of thiazole rings is 1. The molecule has 0 aliphatic rings. The van der Waals surface area contributed by atoms with Crippen LogP contribution in [0.3, 0.4) is 0 Å². The lowest BCUT2D eigenvalue weighted by Gasteiger charge is -2.05. The van der Waals surface area contributed by atoms with Gasteiger partial charge in [0, 0.05) is 22.4 Å². The lowest BCUT2D eigenvalue weighted by Crippen LogP contribution is -2.17. The molecule has 28 heavy (non-hydrogen) atoms. The number of anilines is 1. The van der Waals surface area contributed by atoms with Gasteiger partial charge in [0.05, 0.1) is 21.4 Å². The topological polar surface area (TPSA) is 76.1 Å². The fraction of sp³-hybridized carbons (Fsp3) is 0.111. The van der Waals surface area contributed by atoms with Crippen molar-refractivity contribution in [2.75, 3.05) is 11.1 Å². The summed E-state index contributed by atoms with van der Waals surface area (Å²) >= 11 is 13.2. The summed E-state index contributed by atoms with van der Waals surface area (Å²) in [6.07, 6.45) is -0.254. The number of amides is 1. The van der Waals surface area contributed by atoms with Crippen LogP contribution in [0.15, 0.2) is 52.7 Å². The zero-order valence-corrected chi connectivity index (χ0v) is 17.3. The van der Waals surface area contributed by atoms with E-state index in [4.69, 9.17) is 23.2 Å². The summed E-state index contributed by atoms with van der Waals surface area (Å²) in [7, 11) is -3.69. The Labute approximate surface area is 175 Å². The SMILES string of the molecule is O=C(CCS(=O)(=O)c1ccc(F)cc1)Nc1nc(-c2ccc(Cl)cc2Cl)cs1. The van der Waals surface area contributed by atoms with Crippen molar-refractivity contribution in [2.24, 2.45) is 0 Å². The summed E-state index contributed by atoms with van der Waals surface area (Å²) < 4.78 is 37.3. The molecule has 0 aliphatic carbocycles. The average Bonchev–Trinajstić information content (AvgIpc) is 3.08. The number of benzene rings is 2. The predicted molar refractivity (Wildman–Crippen MR) is 109 cm³/mol. The van der Waals surface area contributed by atoms with Crippen LogP contribution in [0.25, 0.3) is 11.3 Å². The van der Waals surface area contributed by atoms with Crippen molar-refractivity contribution in [3.8, 4) is 11.3 Å². The fourth-order valence-corrected chi connectivity index (χ4v) is 4.79. The molecule has 146 valence electrons. The normalized spacial score (nSPS) is 11.4. The van der Waals surface area contributed by atoms with E-state index in [9.17, 15) is 17.6 Å². The third-order valence-electron chi connectivity index (χ3n) is 3.73. The zero-order valence-electron chi connectivity index (χ0n) is 14.2. The fourth-order valence-electron chi connectivity index (χ4n) is 2.32. The van der Waals surface area contributed by atoms with Gasteiger partial charge in [0.2, 0.25) is 5.91 Å². The molecule has 1 N–H and O–H groups in total. The summed E-state index contributed by atoms with van der Waals surface area (Å²) in [5.74, 6) is -1.42. The Hall–Kier alpha value is -2.00. The molecule has 5 nitrogen and oxygen atoms in total. The summed E-state index contributed by atoms with van der Waals surface area (Å²) in [5, 5.41) is 5.55. The van der Waals surface area contributed by atoms with Gasteiger partial charge in [-0.05, 0) is 42.5 Å². The molecule has 0 spiro atoms. The van der Waals surface area contributed by atoms with Crippen LogP contribution in [-0.2, 0) is 14.6 Å². The molecule has 0 fully saturated rings. The molecule has 3 aromatic rings. The van der Waals surface area contributed by atoms with Crippen LogP contribution in [0.5, 0.6) is 0 Å². The highest BCUT2D eigenvalue weighted by Gasteiger charge is 2.17. The standard InChI is InChI=1S/C18H13Cl2FN2O3S2/c19-11-1-6-14(15(20)9-11)16-10-27-18(22-16)23-17(24)7-8-28(25,26)13-4-2-12(21)3-5-13/h1-6,9-10H,7-8H2,(H,22,23,24). The van der Waals surface area contributed by atoms with Crippen LogP contribution >= 0.6 is 34.5 Å². The van der Waals surface area contributed by atoms with Crippen LogP contribution in [0.1, 0.15) is 6.42 Å². The van der Waals surface area contributed by atoms with Gasteiger partial charge in [-0.25, -0.2) is 17.8 Å². The predicted octanol–water partition coefficient (Wildman–Crippen LogP) is 5.06. The van der Waals surface area contributed by atoms with Gasteiger partial charge in [-0.2, -0.15) is 0 Å². The molecule has 1 heterocycles. The number of sulfone groups is 1. The molecule has 0 bridgehead atoms. The third kappa shape index (κ3) is 5.08. The first kappa shape index (κ1) is 20.7. The third-order valence-corrected chi connectivity index (χ3v) is 6.77. The molecule has 2 aromatic carbocycles. The van der Waals surface area contributed by atoms with E-state index in [-0.39, 0.29) is 11.3 Å². The molecule has 0 saturated heterocycles. The monoisotopic (exact) mass is 458 g/mol. The number of rotatable bonds is 6. The van der Waals surface area contributed by atoms with E-state index < -0.39 is 27.3 Å². The summed E-state index contributed by atoms with van der Waals surface area (Å²) in [4.78, 5) is 16.3. The second kappa shape index (κ2) is 8.57. The van der Waals surface area contributed by atoms with Crippen molar-refractivity contribution in [2.45, 2.75) is 11.3 Å². The number of halogens is 3. The van der Waals surface area contributed by atoms with E-state index in [2.05, 4.69) is 10.3 Å². The van der Waals surface area contributed by atoms with E-state index in [1.807, 2.05) is 0 Å². The van der Waals surface area contributed by atoms with Crippen molar-refractivity contribution in [3.05, 3.63) is 63.7 Å². The maximum absolute atomic E-state index is 12.9. The largest absolute Gasteiger partial charge is 0.302 e. The van der Waals surface area contributed by atoms with Gasteiger partial charge in [-0.15, -0.1) is 11.3 Å². The van der Waals surface area contributed by atoms with Crippen molar-refractivity contribution in [1.29, 1.82) is 0 Å². The molecule has 3 rings (SSSR count). The Morgan fingerprint density at radius 1 is 1.14 bits per heavy atom. The van der Waals surface area contributed by atoms with Crippen LogP contribution in [-0.4, -0.2) is 25.1 Å². The second-order valence-corrected chi connectivity index (χ2v) is 9.54. The van der Waals surface area contributed by atoms with Crippen molar-refractivity contribution >= 4 is 55.4 Å². The Morgan fingerprint density at radius 3 is 2.54 bits per heavy atom. The van der Waals surface area contributed by atoms with Crippen molar-refractivity contribution in [1.82, 2.24) is 4.98 Å². The van der Waals surface area contributed by atoms with Gasteiger partial charge >= 0.3 is 0 Å². The highest BCUT2D eigenvalue weighted by molar-refractivity contribution is 7.91. The summed E-state index contributed by atoms with van der Waals surface area (Å²) in [5.41, 5.74) is 1.24. The average molecular weight is 459 g/mol. The Morgan fingerprint density at radius 2 is 1.86 bits per heavy atom. The molecule has 10 heteroatoms. The quantitative estimate of drug-likeness (QED) is 0.523. The van der Waals surface area contributed by atoms with E-state index in [0.717, 1.165) is 12.1 Å². The van der Waals surface area contributed by atoms with Crippen LogP contribution in [0.4, 0.5) is 9.52 Å². The van der Waals surface area contributed by atoms with Gasteiger partial charge in [-0.1, -0.05) is 23.2 Å². The van der Waals surface area contributed by atoms with E-state index in [1.54, 1.807) is 23.6 Å². The lowest BCUT2D eigenvalue weighted by molar-refractivity contribution is -0.115. The number of carbonyl (C=O) groups excluding carboxylic acids is 1. The first-order chi connectivity index (χ1) is 13.2. The molecule has 0 unspecified atom stereocenters. The van der Waals surface area contributed by atoms with Gasteiger partial charge in [0.15, 0.2) is 15.0 Å². The second-order valence-electron chi connectivity index (χ2n) is 5.73. The summed E-state index contributed by atoms with van der Waals surface area (Å²) in [6, 6.07) is 9.46. The number of hydrogen-bond donors (Lipinski definition) is 1. The first-order valence-corrected chi connectivity index (χ1v) is 11.2. The van der Waals surface area contributed by atoms with Gasteiger partial charge in [0.25, 0.3) is 0 Å². The molecular formula is C18H13Cl2FN2O3S2. The Kier molecular flexibility index (Phi) is 6.34. The van der Waals surface area contributed by atoms with Crippen LogP contribution in [0, 0.1) is 5.82 Å². The lowest BCUT2D eigenvalue weighted by atomic mass is 10.2. The minimum Gasteiger partial charge on any atom is -0.302 e. The Balaban J connectivity index is 1.62. The highest BCUT2D eigenvalue weighted by Crippen LogP contribution is 2.32. The van der Waals surface area contributed by atoms with Gasteiger partial charge in [-0.3, -0.25) is 4.79 Å². The molecule has 0 saturated carbocycles. The molecule has 0 aliphatic heterocycles. The first-order valence-electron chi connectivity index (χ1n) is 7.94. The number of nitrogens with one attached hydrogen (secondary N) is 1. The Bertz CT molecular complexity index is 1120. The van der Waals surface area contributed by atoms with E-state index in [1.165, 1.54) is 23.5 Å². The maximum Gasteiger partial charge on any atom is 0.227 e. The van der Waals surface area contributed by atoms with Crippen LogP contribution < -0.4 is 5.32 Å². The minimum absolute atomic E-state index is 0.0318. The molecule has 0 radical (unpaired) electrons. The van der Waals surface area contributed by atoms with E-state index >= 15 is 0 Å². The number of aromatic nitrogens is 1. The minimum atomic E-state index is -3.69. The molecular weight excluding hydrogens is 446 g/mol. The summed E-state index contributed by atoms with van der Waals surface area (Å²) in [6.45, 7) is 0. The molecule has 1 aromatic heterocycles. The van der Waals surface area contributed by atoms with Crippen molar-refractivity contribution < 1.29 is 17.6 Å². The van der Waals surface area contributed by atoms with Crippen LogP contribution in [0.2, 0.25) is 10.0 Å². The number of carbonyl (C=O) groups is 1. The van der Waals surface area contributed by atoms with Gasteiger partial charge < -0.3 is 5.32 Å². The number of hydrogen-bond acceptors (Lipinski definition) is 5. The van der Waals surface area contributed by atoms with Gasteiger partial charge in [0.1, 0.15) is 5.82 Å². The highest BCUT2D eigenvalue weighted by atomic mass is 35.5. The smallest absolute Gasteiger partial charge is 0.227 e. The molecule has 1 amide bonds. The maximum atomic E-state index is 12.9. The van der Waals surface area contributed by atoms with Crippen molar-refractivity contribution in [3.63, 3.8) is 0 Å². The molecule has 0 atom stereocenters.